The summed E-state index contributed by atoms with van der Waals surface area (Å²) in [7, 11) is 0. The molecule has 0 aliphatic heterocycles. The first-order valence-corrected chi connectivity index (χ1v) is 5.67. The average Bonchev–Trinajstić information content (AvgIpc) is 2.29. The molecule has 84 valence electrons. The topological polar surface area (TPSA) is 65.3 Å². The lowest BCUT2D eigenvalue weighted by molar-refractivity contribution is -0.388. The minimum atomic E-state index is -0.468. The van der Waals surface area contributed by atoms with Crippen molar-refractivity contribution in [1.82, 2.24) is 4.98 Å². The summed E-state index contributed by atoms with van der Waals surface area (Å²) < 4.78 is 5.23. The third-order valence-corrected chi connectivity index (χ3v) is 2.39. The zero-order valence-electron chi connectivity index (χ0n) is 8.67. The molecule has 0 radical (unpaired) electrons. The summed E-state index contributed by atoms with van der Waals surface area (Å²) in [6, 6.07) is 2.85. The molecule has 0 aliphatic carbocycles. The molecule has 0 saturated carbocycles. The minimum absolute atomic E-state index is 0.0169. The molecule has 0 amide bonds. The van der Waals surface area contributed by atoms with Crippen molar-refractivity contribution >= 4 is 17.4 Å². The Morgan fingerprint density at radius 2 is 2.44 bits per heavy atom. The van der Waals surface area contributed by atoms with Gasteiger partial charge in [0.1, 0.15) is 6.61 Å². The lowest BCUT2D eigenvalue weighted by Crippen LogP contribution is -2.00. The Morgan fingerprint density at radius 1 is 1.69 bits per heavy atom. The highest BCUT2D eigenvalue weighted by Gasteiger charge is 2.15. The van der Waals surface area contributed by atoms with Gasteiger partial charge in [0.2, 0.25) is 5.88 Å². The summed E-state index contributed by atoms with van der Waals surface area (Å²) in [6.07, 6.45) is 7.27. The van der Waals surface area contributed by atoms with Crippen molar-refractivity contribution in [3.63, 3.8) is 0 Å². The van der Waals surface area contributed by atoms with Crippen LogP contribution in [0.3, 0.4) is 0 Å². The van der Waals surface area contributed by atoms with Gasteiger partial charge < -0.3 is 4.74 Å². The van der Waals surface area contributed by atoms with Crippen LogP contribution in [0, 0.1) is 22.5 Å². The molecule has 0 aliphatic rings. The van der Waals surface area contributed by atoms with Crippen LogP contribution in [-0.2, 0) is 0 Å². The lowest BCUT2D eigenvalue weighted by Gasteiger charge is -2.04. The standard InChI is InChI=1S/C10H10N2O3S/c1-3-4-7-15-9-6-5-8(12(13)14)10(11-9)16-2/h1,5-6H,4,7H2,2H3. The molecule has 0 spiro atoms. The van der Waals surface area contributed by atoms with E-state index in [9.17, 15) is 10.1 Å². The Balaban J connectivity index is 2.83. The molecule has 0 fully saturated rings. The van der Waals surface area contributed by atoms with Gasteiger partial charge >= 0.3 is 5.69 Å². The van der Waals surface area contributed by atoms with Gasteiger partial charge in [0, 0.05) is 18.6 Å². The molecular weight excluding hydrogens is 228 g/mol. The van der Waals surface area contributed by atoms with Gasteiger partial charge in [0.25, 0.3) is 0 Å². The maximum absolute atomic E-state index is 10.6. The van der Waals surface area contributed by atoms with Crippen LogP contribution in [0.15, 0.2) is 17.2 Å². The number of terminal acetylenes is 1. The van der Waals surface area contributed by atoms with Crippen LogP contribution < -0.4 is 4.74 Å². The zero-order chi connectivity index (χ0) is 12.0. The molecule has 5 nitrogen and oxygen atoms in total. The highest BCUT2D eigenvalue weighted by molar-refractivity contribution is 7.98. The van der Waals surface area contributed by atoms with Gasteiger partial charge in [0.05, 0.1) is 4.92 Å². The van der Waals surface area contributed by atoms with Crippen LogP contribution in [0.25, 0.3) is 0 Å². The van der Waals surface area contributed by atoms with E-state index in [0.717, 1.165) is 0 Å². The number of nitro groups is 1. The maximum atomic E-state index is 10.6. The van der Waals surface area contributed by atoms with E-state index in [-0.39, 0.29) is 5.69 Å². The Morgan fingerprint density at radius 3 is 3.00 bits per heavy atom. The molecule has 0 unspecified atom stereocenters. The van der Waals surface area contributed by atoms with E-state index in [0.29, 0.717) is 23.9 Å². The van der Waals surface area contributed by atoms with Crippen LogP contribution in [-0.4, -0.2) is 22.8 Å². The summed E-state index contributed by atoms with van der Waals surface area (Å²) in [6.45, 7) is 0.356. The fourth-order valence-corrected chi connectivity index (χ4v) is 1.53. The smallest absolute Gasteiger partial charge is 0.301 e. The first kappa shape index (κ1) is 12.3. The van der Waals surface area contributed by atoms with Crippen LogP contribution in [0.2, 0.25) is 0 Å². The first-order valence-electron chi connectivity index (χ1n) is 4.44. The van der Waals surface area contributed by atoms with Gasteiger partial charge in [-0.05, 0) is 6.26 Å². The molecule has 0 N–H and O–H groups in total. The number of rotatable bonds is 5. The normalized spacial score (nSPS) is 9.50. The van der Waals surface area contributed by atoms with E-state index in [1.54, 1.807) is 6.26 Å². The van der Waals surface area contributed by atoms with E-state index in [4.69, 9.17) is 11.2 Å². The van der Waals surface area contributed by atoms with Crippen molar-refractivity contribution in [1.29, 1.82) is 0 Å². The largest absolute Gasteiger partial charge is 0.477 e. The van der Waals surface area contributed by atoms with Gasteiger partial charge in [-0.15, -0.1) is 24.1 Å². The van der Waals surface area contributed by atoms with Gasteiger partial charge in [-0.2, -0.15) is 4.98 Å². The second kappa shape index (κ2) is 5.98. The van der Waals surface area contributed by atoms with Crippen molar-refractivity contribution in [2.24, 2.45) is 0 Å². The molecule has 1 rings (SSSR count). The molecule has 1 aromatic rings. The second-order valence-electron chi connectivity index (χ2n) is 2.74. The summed E-state index contributed by atoms with van der Waals surface area (Å²) in [5.41, 5.74) is -0.0169. The molecule has 0 saturated heterocycles. The van der Waals surface area contributed by atoms with Gasteiger partial charge in [-0.3, -0.25) is 10.1 Å². The number of nitrogens with zero attached hydrogens (tertiary/aromatic N) is 2. The Kier molecular flexibility index (Phi) is 4.61. The quantitative estimate of drug-likeness (QED) is 0.258. The number of thioether (sulfide) groups is 1. The van der Waals surface area contributed by atoms with Crippen LogP contribution in [0.5, 0.6) is 5.88 Å². The summed E-state index contributed by atoms with van der Waals surface area (Å²) >= 11 is 1.20. The predicted molar refractivity (Wildman–Crippen MR) is 61.6 cm³/mol. The minimum Gasteiger partial charge on any atom is -0.477 e. The number of hydrogen-bond acceptors (Lipinski definition) is 5. The van der Waals surface area contributed by atoms with E-state index < -0.39 is 4.92 Å². The number of hydrogen-bond donors (Lipinski definition) is 0. The number of pyridine rings is 1. The molecule has 0 bridgehead atoms. The first-order chi connectivity index (χ1) is 7.69. The highest BCUT2D eigenvalue weighted by Crippen LogP contribution is 2.27. The molecule has 0 atom stereocenters. The summed E-state index contributed by atoms with van der Waals surface area (Å²) in [4.78, 5) is 14.2. The second-order valence-corrected chi connectivity index (χ2v) is 3.53. The van der Waals surface area contributed by atoms with Crippen molar-refractivity contribution in [2.45, 2.75) is 11.4 Å². The highest BCUT2D eigenvalue weighted by atomic mass is 32.2. The van der Waals surface area contributed by atoms with Crippen LogP contribution in [0.4, 0.5) is 5.69 Å². The third kappa shape index (κ3) is 3.14. The number of ether oxygens (including phenoxy) is 1. The zero-order valence-corrected chi connectivity index (χ0v) is 9.49. The SMILES string of the molecule is C#CCCOc1ccc([N+](=O)[O-])c(SC)n1. The Bertz CT molecular complexity index is 429. The molecular formula is C10H10N2O3S. The predicted octanol–water partition coefficient (Wildman–Crippen LogP) is 2.11. The third-order valence-electron chi connectivity index (χ3n) is 1.70. The molecule has 6 heteroatoms. The molecule has 1 aromatic heterocycles. The van der Waals surface area contributed by atoms with Crippen molar-refractivity contribution in [3.05, 3.63) is 22.2 Å². The average molecular weight is 238 g/mol. The van der Waals surface area contributed by atoms with Crippen molar-refractivity contribution in [3.8, 4) is 18.2 Å². The monoisotopic (exact) mass is 238 g/mol. The maximum Gasteiger partial charge on any atom is 0.301 e. The number of aromatic nitrogens is 1. The van der Waals surface area contributed by atoms with E-state index >= 15 is 0 Å². The molecule has 16 heavy (non-hydrogen) atoms. The lowest BCUT2D eigenvalue weighted by atomic mass is 10.4. The van der Waals surface area contributed by atoms with Crippen molar-refractivity contribution < 1.29 is 9.66 Å². The summed E-state index contributed by atoms with van der Waals surface area (Å²) in [5, 5.41) is 11.0. The van der Waals surface area contributed by atoms with Gasteiger partial charge in [0.15, 0.2) is 5.03 Å². The van der Waals surface area contributed by atoms with Gasteiger partial charge in [-0.1, -0.05) is 0 Å². The van der Waals surface area contributed by atoms with E-state index in [1.165, 1.54) is 23.9 Å². The molecule has 0 aromatic carbocycles. The van der Waals surface area contributed by atoms with E-state index in [2.05, 4.69) is 10.9 Å². The van der Waals surface area contributed by atoms with Crippen LogP contribution in [0.1, 0.15) is 6.42 Å². The van der Waals surface area contributed by atoms with Crippen molar-refractivity contribution in [2.75, 3.05) is 12.9 Å². The molecule has 1 heterocycles. The summed E-state index contributed by atoms with van der Waals surface area (Å²) in [5.74, 6) is 2.78. The van der Waals surface area contributed by atoms with E-state index in [1.807, 2.05) is 0 Å². The fraction of sp³-hybridized carbons (Fsp3) is 0.300. The Labute approximate surface area is 97.4 Å². The van der Waals surface area contributed by atoms with Gasteiger partial charge in [-0.25, -0.2) is 0 Å². The van der Waals surface area contributed by atoms with Crippen LogP contribution >= 0.6 is 11.8 Å². The fourth-order valence-electron chi connectivity index (χ4n) is 1.00. The Hall–Kier alpha value is -1.74.